The van der Waals surface area contributed by atoms with Crippen LogP contribution >= 0.6 is 0 Å². The maximum Gasteiger partial charge on any atom is 0.109 e. The first-order valence-corrected chi connectivity index (χ1v) is 6.02. The fourth-order valence-corrected chi connectivity index (χ4v) is 2.77. The van der Waals surface area contributed by atoms with Crippen LogP contribution < -0.4 is 0 Å². The molecule has 0 aromatic carbocycles. The molecule has 4 heteroatoms. The zero-order valence-corrected chi connectivity index (χ0v) is 9.57. The van der Waals surface area contributed by atoms with E-state index in [4.69, 9.17) is 9.47 Å². The lowest BCUT2D eigenvalue weighted by atomic mass is 9.66. The maximum atomic E-state index is 10.7. The largest absolute Gasteiger partial charge is 0.388 e. The van der Waals surface area contributed by atoms with Crippen LogP contribution in [0.15, 0.2) is 0 Å². The number of hydrogen-bond acceptors (Lipinski definition) is 4. The van der Waals surface area contributed by atoms with Gasteiger partial charge in [-0.3, -0.25) is 0 Å². The Morgan fingerprint density at radius 3 is 2.44 bits per heavy atom. The van der Waals surface area contributed by atoms with Gasteiger partial charge in [-0.2, -0.15) is 5.26 Å². The van der Waals surface area contributed by atoms with Crippen LogP contribution in [0.25, 0.3) is 0 Å². The molecule has 2 fully saturated rings. The van der Waals surface area contributed by atoms with Crippen molar-refractivity contribution in [3.8, 4) is 6.07 Å². The lowest BCUT2D eigenvalue weighted by molar-refractivity contribution is -0.126. The Morgan fingerprint density at radius 1 is 1.00 bits per heavy atom. The Bertz CT molecular complexity index is 270. The first-order chi connectivity index (χ1) is 7.72. The van der Waals surface area contributed by atoms with Gasteiger partial charge in [-0.15, -0.1) is 0 Å². The SMILES string of the molecule is N#CC1(C2(O)CCCOCC2)CCCOC1. The molecular formula is C12H19NO3. The van der Waals surface area contributed by atoms with Crippen molar-refractivity contribution in [1.29, 1.82) is 5.26 Å². The summed E-state index contributed by atoms with van der Waals surface area (Å²) >= 11 is 0. The highest BCUT2D eigenvalue weighted by Crippen LogP contribution is 2.44. The van der Waals surface area contributed by atoms with Crippen molar-refractivity contribution in [2.24, 2.45) is 5.41 Å². The number of rotatable bonds is 1. The molecule has 2 atom stereocenters. The summed E-state index contributed by atoms with van der Waals surface area (Å²) < 4.78 is 10.8. The topological polar surface area (TPSA) is 62.5 Å². The van der Waals surface area contributed by atoms with Gasteiger partial charge in [0.05, 0.1) is 18.3 Å². The number of nitriles is 1. The van der Waals surface area contributed by atoms with Crippen LogP contribution in [0.2, 0.25) is 0 Å². The fraction of sp³-hybridized carbons (Fsp3) is 0.917. The smallest absolute Gasteiger partial charge is 0.109 e. The lowest BCUT2D eigenvalue weighted by Gasteiger charge is -2.44. The quantitative estimate of drug-likeness (QED) is 0.729. The van der Waals surface area contributed by atoms with Crippen LogP contribution in [0.3, 0.4) is 0 Å². The van der Waals surface area contributed by atoms with Crippen LogP contribution in [-0.2, 0) is 9.47 Å². The van der Waals surface area contributed by atoms with E-state index in [-0.39, 0.29) is 0 Å². The molecule has 1 N–H and O–H groups in total. The minimum Gasteiger partial charge on any atom is -0.388 e. The fourth-order valence-electron chi connectivity index (χ4n) is 2.77. The van der Waals surface area contributed by atoms with Gasteiger partial charge < -0.3 is 14.6 Å². The molecule has 16 heavy (non-hydrogen) atoms. The zero-order chi connectivity index (χ0) is 11.5. The average Bonchev–Trinajstić information content (AvgIpc) is 2.56. The molecule has 0 radical (unpaired) electrons. The summed E-state index contributed by atoms with van der Waals surface area (Å²) in [6.07, 6.45) is 3.60. The first-order valence-electron chi connectivity index (χ1n) is 6.02. The Morgan fingerprint density at radius 2 is 1.75 bits per heavy atom. The molecule has 0 bridgehead atoms. The summed E-state index contributed by atoms with van der Waals surface area (Å²) in [6, 6.07) is 2.32. The zero-order valence-electron chi connectivity index (χ0n) is 9.57. The highest BCUT2D eigenvalue weighted by molar-refractivity contribution is 5.12. The Balaban J connectivity index is 2.20. The molecule has 0 spiro atoms. The summed E-state index contributed by atoms with van der Waals surface area (Å²) in [5, 5.41) is 20.2. The van der Waals surface area contributed by atoms with E-state index in [0.717, 1.165) is 19.3 Å². The molecule has 2 aliphatic heterocycles. The van der Waals surface area contributed by atoms with Crippen LogP contribution in [-0.4, -0.2) is 37.1 Å². The van der Waals surface area contributed by atoms with E-state index < -0.39 is 11.0 Å². The van der Waals surface area contributed by atoms with Gasteiger partial charge in [0.15, 0.2) is 0 Å². The van der Waals surface area contributed by atoms with E-state index in [1.54, 1.807) is 0 Å². The molecule has 0 amide bonds. The monoisotopic (exact) mass is 225 g/mol. The molecule has 0 aromatic heterocycles. The Labute approximate surface area is 96.2 Å². The first kappa shape index (κ1) is 11.8. The molecule has 2 saturated heterocycles. The molecule has 4 nitrogen and oxygen atoms in total. The van der Waals surface area contributed by atoms with Gasteiger partial charge in [0.1, 0.15) is 5.41 Å². The molecule has 0 aliphatic carbocycles. The van der Waals surface area contributed by atoms with Crippen LogP contribution in [0.4, 0.5) is 0 Å². The normalized spacial score (nSPS) is 41.0. The van der Waals surface area contributed by atoms with Crippen LogP contribution in [0.5, 0.6) is 0 Å². The second kappa shape index (κ2) is 4.70. The maximum absolute atomic E-state index is 10.7. The van der Waals surface area contributed by atoms with Gasteiger partial charge in [-0.25, -0.2) is 0 Å². The van der Waals surface area contributed by atoms with Gasteiger partial charge in [0.25, 0.3) is 0 Å². The molecular weight excluding hydrogens is 206 g/mol. The van der Waals surface area contributed by atoms with Crippen molar-refractivity contribution >= 4 is 0 Å². The van der Waals surface area contributed by atoms with Crippen molar-refractivity contribution in [1.82, 2.24) is 0 Å². The van der Waals surface area contributed by atoms with Crippen LogP contribution in [0, 0.1) is 16.7 Å². The summed E-state index contributed by atoms with van der Waals surface area (Å²) in [7, 11) is 0. The number of hydrogen-bond donors (Lipinski definition) is 1. The minimum atomic E-state index is -0.932. The third kappa shape index (κ3) is 1.95. The number of nitrogens with zero attached hydrogens (tertiary/aromatic N) is 1. The number of ether oxygens (including phenoxy) is 2. The van der Waals surface area contributed by atoms with E-state index >= 15 is 0 Å². The Kier molecular flexibility index (Phi) is 3.48. The third-order valence-corrected chi connectivity index (χ3v) is 3.88. The van der Waals surface area contributed by atoms with Crippen molar-refractivity contribution in [2.45, 2.75) is 37.7 Å². The molecule has 2 heterocycles. The molecule has 2 unspecified atom stereocenters. The highest BCUT2D eigenvalue weighted by atomic mass is 16.5. The van der Waals surface area contributed by atoms with Crippen molar-refractivity contribution < 1.29 is 14.6 Å². The second-order valence-electron chi connectivity index (χ2n) is 4.85. The molecule has 0 aromatic rings. The minimum absolute atomic E-state index is 0.361. The summed E-state index contributed by atoms with van der Waals surface area (Å²) in [6.45, 7) is 2.29. The van der Waals surface area contributed by atoms with E-state index in [2.05, 4.69) is 6.07 Å². The predicted molar refractivity (Wildman–Crippen MR) is 57.7 cm³/mol. The predicted octanol–water partition coefficient (Wildman–Crippen LogP) is 1.24. The van der Waals surface area contributed by atoms with Gasteiger partial charge in [0.2, 0.25) is 0 Å². The molecule has 2 rings (SSSR count). The second-order valence-corrected chi connectivity index (χ2v) is 4.85. The Hall–Kier alpha value is -0.630. The standard InChI is InChI=1S/C12H19NO3/c13-9-11(3-1-7-16-10-11)12(14)4-2-6-15-8-5-12/h14H,1-8,10H2. The van der Waals surface area contributed by atoms with E-state index in [1.807, 2.05) is 0 Å². The van der Waals surface area contributed by atoms with Crippen LogP contribution in [0.1, 0.15) is 32.1 Å². The highest BCUT2D eigenvalue weighted by Gasteiger charge is 2.51. The number of aliphatic hydroxyl groups is 1. The molecule has 2 aliphatic rings. The van der Waals surface area contributed by atoms with Crippen molar-refractivity contribution in [3.05, 3.63) is 0 Å². The lowest BCUT2D eigenvalue weighted by Crippen LogP contribution is -2.52. The summed E-state index contributed by atoms with van der Waals surface area (Å²) in [5.74, 6) is 0. The van der Waals surface area contributed by atoms with Gasteiger partial charge in [-0.1, -0.05) is 0 Å². The molecule has 0 saturated carbocycles. The van der Waals surface area contributed by atoms with Gasteiger partial charge in [-0.05, 0) is 25.7 Å². The van der Waals surface area contributed by atoms with Crippen molar-refractivity contribution in [2.75, 3.05) is 26.4 Å². The average molecular weight is 225 g/mol. The van der Waals surface area contributed by atoms with E-state index in [9.17, 15) is 10.4 Å². The van der Waals surface area contributed by atoms with Gasteiger partial charge >= 0.3 is 0 Å². The van der Waals surface area contributed by atoms with E-state index in [1.165, 1.54) is 0 Å². The van der Waals surface area contributed by atoms with Gasteiger partial charge in [0, 0.05) is 26.2 Å². The summed E-state index contributed by atoms with van der Waals surface area (Å²) in [4.78, 5) is 0. The third-order valence-electron chi connectivity index (χ3n) is 3.88. The summed E-state index contributed by atoms with van der Waals surface area (Å²) in [5.41, 5.74) is -1.66. The molecule has 90 valence electrons. The van der Waals surface area contributed by atoms with Crippen molar-refractivity contribution in [3.63, 3.8) is 0 Å². The van der Waals surface area contributed by atoms with E-state index in [0.29, 0.717) is 39.3 Å².